The fourth-order valence-electron chi connectivity index (χ4n) is 2.36. The van der Waals surface area contributed by atoms with E-state index in [0.29, 0.717) is 6.04 Å². The molecule has 0 bridgehead atoms. The maximum atomic E-state index is 5.99. The molecule has 1 unspecified atom stereocenters. The van der Waals surface area contributed by atoms with E-state index >= 15 is 0 Å². The predicted molar refractivity (Wildman–Crippen MR) is 70.2 cm³/mol. The zero-order valence-corrected chi connectivity index (χ0v) is 10.7. The van der Waals surface area contributed by atoms with Crippen molar-refractivity contribution in [3.05, 3.63) is 29.8 Å². The molecule has 0 radical (unpaired) electrons. The van der Waals surface area contributed by atoms with E-state index in [9.17, 15) is 0 Å². The first-order chi connectivity index (χ1) is 8.12. The van der Waals surface area contributed by atoms with Crippen molar-refractivity contribution < 1.29 is 4.74 Å². The second-order valence-electron chi connectivity index (χ2n) is 5.25. The minimum absolute atomic E-state index is 0.102. The molecule has 1 aliphatic heterocycles. The molecule has 17 heavy (non-hydrogen) atoms. The molecule has 3 nitrogen and oxygen atoms in total. The highest BCUT2D eigenvalue weighted by atomic mass is 16.5. The summed E-state index contributed by atoms with van der Waals surface area (Å²) in [6, 6.07) is 8.66. The lowest BCUT2D eigenvalue weighted by atomic mass is 9.89. The number of para-hydroxylation sites is 1. The molecule has 3 N–H and O–H groups in total. The lowest BCUT2D eigenvalue weighted by Crippen LogP contribution is -2.39. The van der Waals surface area contributed by atoms with Crippen LogP contribution in [0.1, 0.15) is 38.3 Å². The molecular formula is C14H22N2O. The first kappa shape index (κ1) is 12.4. The summed E-state index contributed by atoms with van der Waals surface area (Å²) in [6.45, 7) is 5.98. The average Bonchev–Trinajstić information content (AvgIpc) is 2.28. The lowest BCUT2D eigenvalue weighted by Gasteiger charge is -2.38. The molecule has 0 amide bonds. The summed E-state index contributed by atoms with van der Waals surface area (Å²) in [4.78, 5) is 0. The number of rotatable bonds is 4. The molecule has 0 spiro atoms. The van der Waals surface area contributed by atoms with E-state index in [1.807, 2.05) is 12.1 Å². The first-order valence-corrected chi connectivity index (χ1v) is 6.34. The van der Waals surface area contributed by atoms with Gasteiger partial charge < -0.3 is 15.8 Å². The minimum atomic E-state index is -0.102. The fourth-order valence-corrected chi connectivity index (χ4v) is 2.36. The van der Waals surface area contributed by atoms with Crippen LogP contribution in [0.25, 0.3) is 0 Å². The molecule has 0 saturated heterocycles. The van der Waals surface area contributed by atoms with Gasteiger partial charge in [0, 0.05) is 18.0 Å². The Labute approximate surface area is 103 Å². The van der Waals surface area contributed by atoms with E-state index in [0.717, 1.165) is 31.7 Å². The van der Waals surface area contributed by atoms with Crippen LogP contribution in [0.15, 0.2) is 24.3 Å². The summed E-state index contributed by atoms with van der Waals surface area (Å²) in [5.41, 5.74) is 6.69. The third-order valence-electron chi connectivity index (χ3n) is 3.15. The van der Waals surface area contributed by atoms with Gasteiger partial charge in [0.2, 0.25) is 0 Å². The van der Waals surface area contributed by atoms with Gasteiger partial charge in [-0.25, -0.2) is 0 Å². The van der Waals surface area contributed by atoms with Gasteiger partial charge in [0.1, 0.15) is 11.4 Å². The van der Waals surface area contributed by atoms with Crippen molar-refractivity contribution in [2.45, 2.75) is 38.3 Å². The maximum Gasteiger partial charge on any atom is 0.124 e. The summed E-state index contributed by atoms with van der Waals surface area (Å²) < 4.78 is 5.99. The van der Waals surface area contributed by atoms with Gasteiger partial charge in [-0.2, -0.15) is 0 Å². The molecule has 1 atom stereocenters. The number of ether oxygens (including phenoxy) is 1. The minimum Gasteiger partial charge on any atom is -0.487 e. The van der Waals surface area contributed by atoms with Gasteiger partial charge in [0.25, 0.3) is 0 Å². The van der Waals surface area contributed by atoms with Crippen LogP contribution >= 0.6 is 0 Å². The molecule has 1 heterocycles. The number of nitrogens with one attached hydrogen (secondary N) is 1. The lowest BCUT2D eigenvalue weighted by molar-refractivity contribution is 0.0661. The second kappa shape index (κ2) is 5.07. The molecule has 1 aliphatic rings. The van der Waals surface area contributed by atoms with Crippen LogP contribution in [-0.2, 0) is 0 Å². The smallest absolute Gasteiger partial charge is 0.124 e. The SMILES string of the molecule is CC1(C)CC(NCCCN)c2ccccc2O1. The highest BCUT2D eigenvalue weighted by Crippen LogP contribution is 2.38. The Morgan fingerprint density at radius 3 is 2.94 bits per heavy atom. The largest absolute Gasteiger partial charge is 0.487 e. The normalized spacial score (nSPS) is 21.7. The van der Waals surface area contributed by atoms with Gasteiger partial charge in [-0.15, -0.1) is 0 Å². The Morgan fingerprint density at radius 1 is 1.41 bits per heavy atom. The highest BCUT2D eigenvalue weighted by Gasteiger charge is 2.32. The average molecular weight is 234 g/mol. The molecule has 3 heteroatoms. The van der Waals surface area contributed by atoms with E-state index in [4.69, 9.17) is 10.5 Å². The van der Waals surface area contributed by atoms with Crippen molar-refractivity contribution in [3.8, 4) is 5.75 Å². The zero-order valence-electron chi connectivity index (χ0n) is 10.7. The van der Waals surface area contributed by atoms with Gasteiger partial charge in [0.15, 0.2) is 0 Å². The topological polar surface area (TPSA) is 47.3 Å². The van der Waals surface area contributed by atoms with E-state index in [1.54, 1.807) is 0 Å². The molecule has 1 aromatic carbocycles. The van der Waals surface area contributed by atoms with Crippen molar-refractivity contribution in [3.63, 3.8) is 0 Å². The number of hydrogen-bond donors (Lipinski definition) is 2. The zero-order chi connectivity index (χ0) is 12.3. The summed E-state index contributed by atoms with van der Waals surface area (Å²) in [6.07, 6.45) is 2.01. The molecule has 0 aromatic heterocycles. The standard InChI is InChI=1S/C14H22N2O/c1-14(2)10-12(16-9-5-8-15)11-6-3-4-7-13(11)17-14/h3-4,6-7,12,16H,5,8-10,15H2,1-2H3. The van der Waals surface area contributed by atoms with Crippen LogP contribution in [-0.4, -0.2) is 18.7 Å². The van der Waals surface area contributed by atoms with Gasteiger partial charge >= 0.3 is 0 Å². The summed E-state index contributed by atoms with van der Waals surface area (Å²) >= 11 is 0. The van der Waals surface area contributed by atoms with E-state index in [1.165, 1.54) is 5.56 Å². The van der Waals surface area contributed by atoms with Crippen LogP contribution in [0.4, 0.5) is 0 Å². The quantitative estimate of drug-likeness (QED) is 0.785. The number of benzene rings is 1. The number of nitrogens with two attached hydrogens (primary N) is 1. The first-order valence-electron chi connectivity index (χ1n) is 6.34. The third kappa shape index (κ3) is 2.99. The Hall–Kier alpha value is -1.06. The van der Waals surface area contributed by atoms with E-state index in [2.05, 4.69) is 31.3 Å². The van der Waals surface area contributed by atoms with Crippen molar-refractivity contribution >= 4 is 0 Å². The Balaban J connectivity index is 2.15. The van der Waals surface area contributed by atoms with E-state index < -0.39 is 0 Å². The van der Waals surface area contributed by atoms with Crippen LogP contribution in [0.2, 0.25) is 0 Å². The Bertz CT molecular complexity index is 376. The molecular weight excluding hydrogens is 212 g/mol. The van der Waals surface area contributed by atoms with Crippen LogP contribution in [0.5, 0.6) is 5.75 Å². The van der Waals surface area contributed by atoms with Gasteiger partial charge in [-0.05, 0) is 39.4 Å². The Kier molecular flexibility index (Phi) is 3.69. The molecule has 2 rings (SSSR count). The number of fused-ring (bicyclic) bond motifs is 1. The number of hydrogen-bond acceptors (Lipinski definition) is 3. The third-order valence-corrected chi connectivity index (χ3v) is 3.15. The van der Waals surface area contributed by atoms with Crippen molar-refractivity contribution in [2.24, 2.45) is 5.73 Å². The molecule has 1 aromatic rings. The van der Waals surface area contributed by atoms with Crippen molar-refractivity contribution in [1.29, 1.82) is 0 Å². The molecule has 0 fully saturated rings. The second-order valence-corrected chi connectivity index (χ2v) is 5.25. The maximum absolute atomic E-state index is 5.99. The molecule has 94 valence electrons. The van der Waals surface area contributed by atoms with E-state index in [-0.39, 0.29) is 5.60 Å². The predicted octanol–water partition coefficient (Wildman–Crippen LogP) is 2.23. The monoisotopic (exact) mass is 234 g/mol. The Morgan fingerprint density at radius 2 is 2.18 bits per heavy atom. The summed E-state index contributed by atoms with van der Waals surface area (Å²) in [5.74, 6) is 1.01. The van der Waals surface area contributed by atoms with Crippen LogP contribution < -0.4 is 15.8 Å². The van der Waals surface area contributed by atoms with Crippen molar-refractivity contribution in [2.75, 3.05) is 13.1 Å². The highest BCUT2D eigenvalue weighted by molar-refractivity contribution is 5.38. The van der Waals surface area contributed by atoms with Gasteiger partial charge in [-0.3, -0.25) is 0 Å². The molecule has 0 aliphatic carbocycles. The fraction of sp³-hybridized carbons (Fsp3) is 0.571. The van der Waals surface area contributed by atoms with Crippen molar-refractivity contribution in [1.82, 2.24) is 5.32 Å². The summed E-state index contributed by atoms with van der Waals surface area (Å²) in [5, 5.41) is 3.57. The summed E-state index contributed by atoms with van der Waals surface area (Å²) in [7, 11) is 0. The molecule has 0 saturated carbocycles. The van der Waals surface area contributed by atoms with Gasteiger partial charge in [0.05, 0.1) is 0 Å². The van der Waals surface area contributed by atoms with Gasteiger partial charge in [-0.1, -0.05) is 18.2 Å². The van der Waals surface area contributed by atoms with Crippen LogP contribution in [0, 0.1) is 0 Å². The van der Waals surface area contributed by atoms with Crippen LogP contribution in [0.3, 0.4) is 0 Å².